The smallest absolute Gasteiger partial charge is 0.137 e. The molecule has 2 heterocycles. The molecule has 0 aliphatic rings. The van der Waals surface area contributed by atoms with Gasteiger partial charge in [-0.2, -0.15) is 0 Å². The minimum Gasteiger partial charge on any atom is -0.398 e. The van der Waals surface area contributed by atoms with Gasteiger partial charge in [0.15, 0.2) is 0 Å². The van der Waals surface area contributed by atoms with Gasteiger partial charge in [0.1, 0.15) is 5.65 Å². The van der Waals surface area contributed by atoms with Crippen LogP contribution >= 0.6 is 0 Å². The second-order valence-corrected chi connectivity index (χ2v) is 5.12. The molecular formula is C16H18N4. The van der Waals surface area contributed by atoms with Crippen molar-refractivity contribution in [2.45, 2.75) is 13.1 Å². The molecule has 0 spiro atoms. The third-order valence-electron chi connectivity index (χ3n) is 3.25. The lowest BCUT2D eigenvalue weighted by Crippen LogP contribution is -2.17. The number of pyridine rings is 1. The van der Waals surface area contributed by atoms with Crippen molar-refractivity contribution in [1.82, 2.24) is 14.3 Å². The summed E-state index contributed by atoms with van der Waals surface area (Å²) in [5.41, 5.74) is 9.82. The number of rotatable bonds is 4. The van der Waals surface area contributed by atoms with E-state index >= 15 is 0 Å². The Kier molecular flexibility index (Phi) is 3.39. The van der Waals surface area contributed by atoms with E-state index < -0.39 is 0 Å². The SMILES string of the molecule is CN(Cc1ccccc1)Cc1cn2cc(N)ccc2n1. The Labute approximate surface area is 118 Å². The van der Waals surface area contributed by atoms with Crippen LogP contribution in [0.1, 0.15) is 11.3 Å². The van der Waals surface area contributed by atoms with E-state index in [0.717, 1.165) is 30.1 Å². The molecule has 0 radical (unpaired) electrons. The largest absolute Gasteiger partial charge is 0.398 e. The van der Waals surface area contributed by atoms with Gasteiger partial charge in [0.2, 0.25) is 0 Å². The van der Waals surface area contributed by atoms with Crippen molar-refractivity contribution in [2.24, 2.45) is 0 Å². The average molecular weight is 266 g/mol. The van der Waals surface area contributed by atoms with E-state index in [-0.39, 0.29) is 0 Å². The van der Waals surface area contributed by atoms with Crippen LogP contribution < -0.4 is 5.73 Å². The minimum absolute atomic E-state index is 0.749. The molecule has 0 unspecified atom stereocenters. The highest BCUT2D eigenvalue weighted by Crippen LogP contribution is 2.11. The molecule has 0 aliphatic heterocycles. The fourth-order valence-corrected chi connectivity index (χ4v) is 2.37. The van der Waals surface area contributed by atoms with E-state index in [9.17, 15) is 0 Å². The summed E-state index contributed by atoms with van der Waals surface area (Å²) in [5.74, 6) is 0. The first-order chi connectivity index (χ1) is 9.70. The van der Waals surface area contributed by atoms with Gasteiger partial charge in [-0.25, -0.2) is 4.98 Å². The number of nitrogens with zero attached hydrogens (tertiary/aromatic N) is 3. The van der Waals surface area contributed by atoms with Crippen LogP contribution in [-0.2, 0) is 13.1 Å². The molecule has 102 valence electrons. The molecule has 0 aliphatic carbocycles. The molecule has 0 bridgehead atoms. The van der Waals surface area contributed by atoms with Crippen molar-refractivity contribution in [3.05, 3.63) is 66.1 Å². The van der Waals surface area contributed by atoms with Crippen LogP contribution in [0.5, 0.6) is 0 Å². The molecule has 0 saturated heterocycles. The topological polar surface area (TPSA) is 46.6 Å². The third-order valence-corrected chi connectivity index (χ3v) is 3.25. The van der Waals surface area contributed by atoms with E-state index in [0.29, 0.717) is 0 Å². The van der Waals surface area contributed by atoms with E-state index in [1.165, 1.54) is 5.56 Å². The van der Waals surface area contributed by atoms with Gasteiger partial charge in [0.25, 0.3) is 0 Å². The zero-order chi connectivity index (χ0) is 13.9. The van der Waals surface area contributed by atoms with Crippen molar-refractivity contribution < 1.29 is 0 Å². The molecule has 3 rings (SSSR count). The van der Waals surface area contributed by atoms with Crippen molar-refractivity contribution >= 4 is 11.3 Å². The summed E-state index contributed by atoms with van der Waals surface area (Å²) in [6.07, 6.45) is 3.93. The predicted molar refractivity (Wildman–Crippen MR) is 81.2 cm³/mol. The molecule has 0 amide bonds. The standard InChI is InChI=1S/C16H18N4/c1-19(9-13-5-3-2-4-6-13)11-15-12-20-10-14(17)7-8-16(20)18-15/h2-8,10,12H,9,11,17H2,1H3. The summed E-state index contributed by atoms with van der Waals surface area (Å²) >= 11 is 0. The zero-order valence-corrected chi connectivity index (χ0v) is 11.5. The molecule has 0 fully saturated rings. The minimum atomic E-state index is 0.749. The number of benzene rings is 1. The maximum Gasteiger partial charge on any atom is 0.137 e. The molecule has 3 aromatic rings. The Morgan fingerprint density at radius 1 is 1.05 bits per heavy atom. The van der Waals surface area contributed by atoms with Crippen molar-refractivity contribution in [3.63, 3.8) is 0 Å². The first-order valence-electron chi connectivity index (χ1n) is 6.66. The zero-order valence-electron chi connectivity index (χ0n) is 11.5. The van der Waals surface area contributed by atoms with Crippen LogP contribution in [-0.4, -0.2) is 21.3 Å². The van der Waals surface area contributed by atoms with Gasteiger partial charge in [-0.3, -0.25) is 4.90 Å². The summed E-state index contributed by atoms with van der Waals surface area (Å²) in [4.78, 5) is 6.85. The number of hydrogen-bond acceptors (Lipinski definition) is 3. The van der Waals surface area contributed by atoms with Crippen LogP contribution in [0, 0.1) is 0 Å². The molecule has 4 heteroatoms. The second kappa shape index (κ2) is 5.35. The Morgan fingerprint density at radius 2 is 1.85 bits per heavy atom. The van der Waals surface area contributed by atoms with Gasteiger partial charge in [-0.05, 0) is 24.7 Å². The van der Waals surface area contributed by atoms with Gasteiger partial charge in [-0.1, -0.05) is 30.3 Å². The van der Waals surface area contributed by atoms with E-state index in [4.69, 9.17) is 5.73 Å². The van der Waals surface area contributed by atoms with Gasteiger partial charge in [0, 0.05) is 31.2 Å². The molecule has 0 atom stereocenters. The third kappa shape index (κ3) is 2.81. The number of imidazole rings is 1. The summed E-state index contributed by atoms with van der Waals surface area (Å²) in [6.45, 7) is 1.73. The number of nitrogens with two attached hydrogens (primary N) is 1. The van der Waals surface area contributed by atoms with Crippen molar-refractivity contribution in [3.8, 4) is 0 Å². The predicted octanol–water partition coefficient (Wildman–Crippen LogP) is 2.55. The lowest BCUT2D eigenvalue weighted by molar-refractivity contribution is 0.316. The average Bonchev–Trinajstić information content (AvgIpc) is 2.80. The van der Waals surface area contributed by atoms with E-state index in [2.05, 4.69) is 41.2 Å². The Balaban J connectivity index is 1.72. The van der Waals surface area contributed by atoms with Crippen LogP contribution in [0.25, 0.3) is 5.65 Å². The van der Waals surface area contributed by atoms with Gasteiger partial charge >= 0.3 is 0 Å². The first-order valence-corrected chi connectivity index (χ1v) is 6.66. The van der Waals surface area contributed by atoms with Gasteiger partial charge in [-0.15, -0.1) is 0 Å². The lowest BCUT2D eigenvalue weighted by atomic mass is 10.2. The van der Waals surface area contributed by atoms with Crippen molar-refractivity contribution in [1.29, 1.82) is 0 Å². The molecule has 2 aromatic heterocycles. The molecule has 2 N–H and O–H groups in total. The second-order valence-electron chi connectivity index (χ2n) is 5.12. The Hall–Kier alpha value is -2.33. The highest BCUT2D eigenvalue weighted by Gasteiger charge is 2.06. The first kappa shape index (κ1) is 12.7. The number of aromatic nitrogens is 2. The van der Waals surface area contributed by atoms with Crippen LogP contribution in [0.3, 0.4) is 0 Å². The normalized spacial score (nSPS) is 11.3. The molecule has 1 aromatic carbocycles. The number of hydrogen-bond donors (Lipinski definition) is 1. The number of anilines is 1. The molecule has 0 saturated carbocycles. The van der Waals surface area contributed by atoms with Crippen LogP contribution in [0.2, 0.25) is 0 Å². The highest BCUT2D eigenvalue weighted by molar-refractivity contribution is 5.48. The van der Waals surface area contributed by atoms with Gasteiger partial charge < -0.3 is 10.1 Å². The van der Waals surface area contributed by atoms with Crippen molar-refractivity contribution in [2.75, 3.05) is 12.8 Å². The summed E-state index contributed by atoms with van der Waals surface area (Å²) in [5, 5.41) is 0. The van der Waals surface area contributed by atoms with Gasteiger partial charge in [0.05, 0.1) is 5.69 Å². The Bertz CT molecular complexity index is 703. The summed E-state index contributed by atoms with van der Waals surface area (Å²) < 4.78 is 1.97. The Morgan fingerprint density at radius 3 is 2.65 bits per heavy atom. The fourth-order valence-electron chi connectivity index (χ4n) is 2.37. The van der Waals surface area contributed by atoms with E-state index in [1.807, 2.05) is 35.0 Å². The molecular weight excluding hydrogens is 248 g/mol. The lowest BCUT2D eigenvalue weighted by Gasteiger charge is -2.14. The van der Waals surface area contributed by atoms with Crippen LogP contribution in [0.15, 0.2) is 54.9 Å². The summed E-state index contributed by atoms with van der Waals surface area (Å²) in [6, 6.07) is 14.3. The van der Waals surface area contributed by atoms with Crippen LogP contribution in [0.4, 0.5) is 5.69 Å². The molecule has 4 nitrogen and oxygen atoms in total. The fraction of sp³-hybridized carbons (Fsp3) is 0.188. The number of nitrogen functional groups attached to an aromatic ring is 1. The maximum atomic E-state index is 5.78. The molecule has 20 heavy (non-hydrogen) atoms. The number of fused-ring (bicyclic) bond motifs is 1. The summed E-state index contributed by atoms with van der Waals surface area (Å²) in [7, 11) is 2.10. The van der Waals surface area contributed by atoms with E-state index in [1.54, 1.807) is 0 Å². The monoisotopic (exact) mass is 266 g/mol. The maximum absolute atomic E-state index is 5.78. The quantitative estimate of drug-likeness (QED) is 0.789. The highest BCUT2D eigenvalue weighted by atomic mass is 15.1.